The number of carbonyl (C=O) groups is 2. The van der Waals surface area contributed by atoms with E-state index in [0.717, 1.165) is 13.7 Å². The van der Waals surface area contributed by atoms with Crippen molar-refractivity contribution in [1.82, 2.24) is 0 Å². The normalized spacial score (nSPS) is 5.73. The Bertz CT molecular complexity index is 168. The number of rotatable bonds is 3. The molecule has 2 radical (unpaired) electrons. The van der Waals surface area contributed by atoms with Crippen LogP contribution in [0.15, 0.2) is 0 Å². The second-order valence-corrected chi connectivity index (χ2v) is 4.42. The van der Waals surface area contributed by atoms with Crippen LogP contribution < -0.4 is 0 Å². The van der Waals surface area contributed by atoms with E-state index in [9.17, 15) is 9.59 Å². The molecule has 0 saturated carbocycles. The van der Waals surface area contributed by atoms with Crippen LogP contribution in [-0.2, 0) is 51.4 Å². The van der Waals surface area contributed by atoms with E-state index >= 15 is 0 Å². The maximum Gasteiger partial charge on any atom is 0.129 e. The molecule has 0 bridgehead atoms. The van der Waals surface area contributed by atoms with E-state index in [2.05, 4.69) is 37.4 Å². The number of carbonyl (C=O) groups excluding carboxylic acids is 2. The van der Waals surface area contributed by atoms with Gasteiger partial charge in [0.05, 0.1) is 0 Å². The van der Waals surface area contributed by atoms with Gasteiger partial charge in [0.25, 0.3) is 0 Å². The summed E-state index contributed by atoms with van der Waals surface area (Å²) in [4.78, 5) is 22.8. The Morgan fingerprint density at radius 2 is 0.833 bits per heavy atom. The molecule has 30 heavy (non-hydrogen) atoms. The van der Waals surface area contributed by atoms with Gasteiger partial charge in [-0.3, -0.25) is 4.93 Å². The number of ketones is 2. The van der Waals surface area contributed by atoms with Gasteiger partial charge in [0.1, 0.15) is 11.6 Å². The van der Waals surface area contributed by atoms with Crippen LogP contribution in [0.3, 0.4) is 0 Å². The van der Waals surface area contributed by atoms with Crippen LogP contribution in [-0.4, -0.2) is 49.2 Å². The number of Topliss-reactive ketones (excluding diaryl/α,β-unsaturated/α-hetero) is 2. The largest absolute Gasteiger partial charge is 0.400 e. The van der Waals surface area contributed by atoms with Gasteiger partial charge in [0, 0.05) is 77.4 Å². The molecule has 0 saturated heterocycles. The van der Waals surface area contributed by atoms with Crippen molar-refractivity contribution < 1.29 is 61.7 Å². The number of halogens is 1. The van der Waals surface area contributed by atoms with Gasteiger partial charge in [-0.2, -0.15) is 0 Å². The molecule has 0 rings (SSSR count). The van der Waals surface area contributed by atoms with Gasteiger partial charge in [-0.15, -0.1) is 0 Å². The fraction of sp³-hybridized carbons (Fsp3) is 0.818. The quantitative estimate of drug-likeness (QED) is 0.268. The summed E-state index contributed by atoms with van der Waals surface area (Å²) in [5.41, 5.74) is 0. The third kappa shape index (κ3) is 615. The smallest absolute Gasteiger partial charge is 0.129 e. The average molecular weight is 628 g/mol. The summed E-state index contributed by atoms with van der Waals surface area (Å²) < 4.78 is 4.54. The molecule has 0 aliphatic rings. The Hall–Kier alpha value is 1.12. The zero-order valence-electron chi connectivity index (χ0n) is 22.3. The number of hydrogen-bond donors (Lipinski definition) is 2. The molecule has 2 N–H and O–H groups in total. The SMILES string of the molecule is CCC.CCC.CCC(C)=O.CCC(C)=O.CCO.CCOC.CO.[CH2-]I.[CH3-].[V].[V]. The molecule has 8 heteroatoms. The number of methoxy groups -OCH3 is 1. The van der Waals surface area contributed by atoms with Gasteiger partial charge < -0.3 is 54.6 Å². The molecule has 0 fully saturated rings. The minimum absolute atomic E-state index is 0. The number of aliphatic hydroxyl groups excluding tert-OH is 2. The van der Waals surface area contributed by atoms with Crippen molar-refractivity contribution in [3.8, 4) is 0 Å². The van der Waals surface area contributed by atoms with Crippen LogP contribution in [0.5, 0.6) is 0 Å². The van der Waals surface area contributed by atoms with Crippen LogP contribution in [0.1, 0.15) is 94.9 Å². The first kappa shape index (κ1) is 69.7. The zero-order valence-corrected chi connectivity index (χ0v) is 27.3. The standard InChI is InChI=1S/2C4H8O.C3H8O.2C3H8.C2H6O.CH2I.CH4O.CH3.2V/c2*1-3-4(2)5;1-3-4-2;2*1-3-2;1-2-3;2*1-2;;;/h2*3H2,1-2H3;3H2,1-2H3;2*3H2,1-2H3;3H,2H2,1H3;1H2;2H,1H3;1H3;;/q;;;;;;-1;;-1;;. The minimum Gasteiger partial charge on any atom is -0.400 e. The van der Waals surface area contributed by atoms with Crippen molar-refractivity contribution in [1.29, 1.82) is 0 Å². The van der Waals surface area contributed by atoms with Gasteiger partial charge in [-0.1, -0.05) is 54.4 Å². The van der Waals surface area contributed by atoms with Gasteiger partial charge in [-0.05, 0) is 27.7 Å². The molecule has 0 amide bonds. The Balaban J connectivity index is -0.0000000154. The van der Waals surface area contributed by atoms with Gasteiger partial charge in [0.15, 0.2) is 0 Å². The summed E-state index contributed by atoms with van der Waals surface area (Å²) in [6.07, 6.45) is 3.83. The summed E-state index contributed by atoms with van der Waals surface area (Å²) in [7, 11) is 2.68. The van der Waals surface area contributed by atoms with E-state index < -0.39 is 0 Å². The molecule has 0 atom stereocenters. The number of aliphatic hydroxyl groups is 2. The number of ether oxygens (including phenoxy) is 1. The zero-order chi connectivity index (χ0) is 24.1. The van der Waals surface area contributed by atoms with Crippen LogP contribution in [0.2, 0.25) is 0 Å². The van der Waals surface area contributed by atoms with Crippen molar-refractivity contribution in [2.45, 2.75) is 94.9 Å². The molecule has 0 spiro atoms. The topological polar surface area (TPSA) is 83.8 Å². The third-order valence-electron chi connectivity index (χ3n) is 1.28. The average Bonchev–Trinajstić information content (AvgIpc) is 2.67. The molecule has 192 valence electrons. The monoisotopic (exact) mass is 628 g/mol. The Labute approximate surface area is 229 Å². The predicted molar refractivity (Wildman–Crippen MR) is 138 cm³/mol. The van der Waals surface area contributed by atoms with Crippen molar-refractivity contribution >= 4 is 34.2 Å². The first-order valence-corrected chi connectivity index (χ1v) is 11.0. The van der Waals surface area contributed by atoms with Crippen LogP contribution in [0.4, 0.5) is 0 Å². The molecule has 0 aromatic rings. The van der Waals surface area contributed by atoms with Crippen LogP contribution in [0.25, 0.3) is 0 Å². The minimum atomic E-state index is 0. The molecular weight excluding hydrogens is 573 g/mol. The maximum absolute atomic E-state index is 9.81. The van der Waals surface area contributed by atoms with E-state index in [1.807, 2.05) is 43.4 Å². The number of hydrogen-bond acceptors (Lipinski definition) is 5. The predicted octanol–water partition coefficient (Wildman–Crippen LogP) is 6.72. The Morgan fingerprint density at radius 3 is 0.833 bits per heavy atom. The summed E-state index contributed by atoms with van der Waals surface area (Å²) in [6.45, 7) is 20.1. The summed E-state index contributed by atoms with van der Waals surface area (Å²) >= 11 is 1.90. The van der Waals surface area contributed by atoms with Gasteiger partial charge in [0.2, 0.25) is 0 Å². The van der Waals surface area contributed by atoms with Gasteiger partial charge >= 0.3 is 0 Å². The first-order valence-electron chi connectivity index (χ1n) is 9.50. The van der Waals surface area contributed by atoms with Gasteiger partial charge in [-0.25, -0.2) is 0 Å². The summed E-state index contributed by atoms with van der Waals surface area (Å²) in [5, 5.41) is 14.6. The van der Waals surface area contributed by atoms with Crippen LogP contribution in [0, 0.1) is 12.4 Å². The molecule has 0 heterocycles. The van der Waals surface area contributed by atoms with Crippen molar-refractivity contribution in [2.24, 2.45) is 0 Å². The molecule has 0 unspecified atom stereocenters. The molecule has 0 aromatic heterocycles. The maximum atomic E-state index is 9.81. The van der Waals surface area contributed by atoms with E-state index in [-0.39, 0.29) is 62.7 Å². The fourth-order valence-corrected chi connectivity index (χ4v) is 0. The van der Waals surface area contributed by atoms with E-state index in [1.165, 1.54) is 12.8 Å². The summed E-state index contributed by atoms with van der Waals surface area (Å²) in [6, 6.07) is 0. The van der Waals surface area contributed by atoms with Crippen molar-refractivity contribution in [3.63, 3.8) is 0 Å². The summed E-state index contributed by atoms with van der Waals surface area (Å²) in [5.74, 6) is 0.509. The second-order valence-electron chi connectivity index (χ2n) is 4.42. The first-order chi connectivity index (χ1) is 12.7. The van der Waals surface area contributed by atoms with E-state index in [0.29, 0.717) is 12.8 Å². The van der Waals surface area contributed by atoms with Crippen LogP contribution >= 0.6 is 22.6 Å². The van der Waals surface area contributed by atoms with E-state index in [1.54, 1.807) is 27.9 Å². The molecule has 0 aromatic carbocycles. The molecule has 0 aliphatic carbocycles. The molecule has 5 nitrogen and oxygen atoms in total. The van der Waals surface area contributed by atoms with Crippen molar-refractivity contribution in [3.05, 3.63) is 12.4 Å². The third-order valence-corrected chi connectivity index (χ3v) is 1.28. The second kappa shape index (κ2) is 128. The Morgan fingerprint density at radius 1 is 0.767 bits per heavy atom. The molecular formula is C22H55IO5V2-2. The fourth-order valence-electron chi connectivity index (χ4n) is 0. The van der Waals surface area contributed by atoms with E-state index in [4.69, 9.17) is 10.2 Å². The Kier molecular flexibility index (Phi) is 298. The van der Waals surface area contributed by atoms with Crippen molar-refractivity contribution in [2.75, 3.05) is 27.4 Å². The molecule has 0 aliphatic heterocycles.